The summed E-state index contributed by atoms with van der Waals surface area (Å²) in [5.41, 5.74) is 1.36. The molecule has 0 spiro atoms. The number of fused-ring (bicyclic) bond motifs is 5. The zero-order valence-corrected chi connectivity index (χ0v) is 15.4. The number of benzene rings is 2. The maximum Gasteiger partial charge on any atom is 0.334 e. The van der Waals surface area contributed by atoms with E-state index in [1.807, 2.05) is 38.1 Å². The molecule has 4 aromatic rings. The van der Waals surface area contributed by atoms with Crippen LogP contribution in [-0.2, 0) is 4.65 Å². The molecule has 0 aliphatic carbocycles. The van der Waals surface area contributed by atoms with E-state index in [1.165, 1.54) is 0 Å². The van der Waals surface area contributed by atoms with Crippen molar-refractivity contribution in [2.24, 2.45) is 0 Å². The van der Waals surface area contributed by atoms with Crippen LogP contribution in [-0.4, -0.2) is 28.8 Å². The molecule has 0 saturated heterocycles. The minimum absolute atomic E-state index is 0.686. The number of aromatic nitrogens is 1. The van der Waals surface area contributed by atoms with E-state index in [2.05, 4.69) is 23.2 Å². The van der Waals surface area contributed by atoms with Crippen molar-refractivity contribution in [1.29, 1.82) is 0 Å². The molecule has 5 heteroatoms. The Morgan fingerprint density at radius 1 is 1.04 bits per heavy atom. The maximum absolute atomic E-state index is 10.3. The van der Waals surface area contributed by atoms with Crippen LogP contribution in [0.1, 0.15) is 27.7 Å². The molecule has 4 nitrogen and oxygen atoms in total. The van der Waals surface area contributed by atoms with Crippen LogP contribution < -0.4 is 5.46 Å². The van der Waals surface area contributed by atoms with Gasteiger partial charge in [0.15, 0.2) is 5.58 Å². The number of nitrogens with zero attached hydrogens (tertiary/aromatic N) is 1. The van der Waals surface area contributed by atoms with Crippen molar-refractivity contribution in [3.8, 4) is 0 Å². The Morgan fingerprint density at radius 2 is 1.81 bits per heavy atom. The van der Waals surface area contributed by atoms with Gasteiger partial charge in [0.2, 0.25) is 0 Å². The van der Waals surface area contributed by atoms with Gasteiger partial charge in [-0.2, -0.15) is 0 Å². The van der Waals surface area contributed by atoms with Crippen molar-refractivity contribution in [1.82, 2.24) is 4.98 Å². The lowest BCUT2D eigenvalue weighted by Gasteiger charge is -2.37. The first-order valence-electron chi connectivity index (χ1n) is 8.70. The van der Waals surface area contributed by atoms with Crippen molar-refractivity contribution in [3.63, 3.8) is 0 Å². The standard InChI is InChI=1S/C21H21BNO3/c1-20(2,24)21(3,4)26-22-15-11-12-23-18-17-14-8-6-5-7-13(14)9-10-16(17)25-19(15)18/h5-12,24H,1-4H3. The van der Waals surface area contributed by atoms with Gasteiger partial charge in [-0.3, -0.25) is 4.98 Å². The molecule has 0 bridgehead atoms. The van der Waals surface area contributed by atoms with Gasteiger partial charge in [0.1, 0.15) is 11.1 Å². The van der Waals surface area contributed by atoms with Gasteiger partial charge in [0, 0.05) is 6.20 Å². The smallest absolute Gasteiger partial charge is 0.334 e. The Bertz CT molecular complexity index is 1110. The Balaban J connectivity index is 1.84. The molecule has 1 N–H and O–H groups in total. The Kier molecular flexibility index (Phi) is 3.83. The summed E-state index contributed by atoms with van der Waals surface area (Å²) in [5, 5.41) is 13.6. The second-order valence-electron chi connectivity index (χ2n) is 7.64. The van der Waals surface area contributed by atoms with Crippen LogP contribution in [0.2, 0.25) is 0 Å². The van der Waals surface area contributed by atoms with Gasteiger partial charge in [-0.25, -0.2) is 0 Å². The number of furan rings is 1. The van der Waals surface area contributed by atoms with E-state index < -0.39 is 11.2 Å². The summed E-state index contributed by atoms with van der Waals surface area (Å²) in [6.45, 7) is 7.18. The molecule has 1 radical (unpaired) electrons. The van der Waals surface area contributed by atoms with Crippen LogP contribution in [0.3, 0.4) is 0 Å². The third-order valence-electron chi connectivity index (χ3n) is 5.23. The highest BCUT2D eigenvalue weighted by Crippen LogP contribution is 2.32. The minimum Gasteiger partial charge on any atom is -0.455 e. The largest absolute Gasteiger partial charge is 0.455 e. The van der Waals surface area contributed by atoms with Crippen molar-refractivity contribution in [2.45, 2.75) is 38.9 Å². The zero-order valence-electron chi connectivity index (χ0n) is 15.4. The number of hydrogen-bond acceptors (Lipinski definition) is 4. The SMILES string of the molecule is CC(C)(O)C(C)(C)O[B]c1ccnc2c1oc1ccc3ccccc3c12. The second-order valence-corrected chi connectivity index (χ2v) is 7.64. The summed E-state index contributed by atoms with van der Waals surface area (Å²) in [5.74, 6) is 0. The van der Waals surface area contributed by atoms with Crippen molar-refractivity contribution in [3.05, 3.63) is 48.7 Å². The lowest BCUT2D eigenvalue weighted by Crippen LogP contribution is -2.49. The van der Waals surface area contributed by atoms with E-state index in [1.54, 1.807) is 27.5 Å². The monoisotopic (exact) mass is 346 g/mol. The fourth-order valence-corrected chi connectivity index (χ4v) is 2.89. The highest BCUT2D eigenvalue weighted by molar-refractivity contribution is 6.51. The third kappa shape index (κ3) is 2.68. The van der Waals surface area contributed by atoms with Crippen LogP contribution >= 0.6 is 0 Å². The Labute approximate surface area is 153 Å². The van der Waals surface area contributed by atoms with E-state index in [0.29, 0.717) is 5.58 Å². The van der Waals surface area contributed by atoms with Crippen molar-refractivity contribution < 1.29 is 14.2 Å². The highest BCUT2D eigenvalue weighted by atomic mass is 16.5. The first-order valence-corrected chi connectivity index (χ1v) is 8.70. The number of aliphatic hydroxyl groups is 1. The van der Waals surface area contributed by atoms with Crippen molar-refractivity contribution >= 4 is 45.8 Å². The average molecular weight is 346 g/mol. The van der Waals surface area contributed by atoms with E-state index >= 15 is 0 Å². The zero-order chi connectivity index (χ0) is 18.5. The first-order chi connectivity index (χ1) is 12.3. The molecule has 0 unspecified atom stereocenters. The topological polar surface area (TPSA) is 55.5 Å². The summed E-state index contributed by atoms with van der Waals surface area (Å²) in [6, 6.07) is 14.1. The van der Waals surface area contributed by atoms with Crippen LogP contribution in [0, 0.1) is 0 Å². The van der Waals surface area contributed by atoms with Crippen LogP contribution in [0.4, 0.5) is 0 Å². The third-order valence-corrected chi connectivity index (χ3v) is 5.23. The molecular weight excluding hydrogens is 325 g/mol. The molecular formula is C21H21BNO3. The first kappa shape index (κ1) is 17.1. The molecule has 2 heterocycles. The molecule has 26 heavy (non-hydrogen) atoms. The second kappa shape index (κ2) is 5.83. The van der Waals surface area contributed by atoms with Crippen LogP contribution in [0.25, 0.3) is 32.8 Å². The molecule has 131 valence electrons. The van der Waals surface area contributed by atoms with Crippen LogP contribution in [0.5, 0.6) is 0 Å². The van der Waals surface area contributed by atoms with E-state index in [-0.39, 0.29) is 0 Å². The number of pyridine rings is 1. The summed E-state index contributed by atoms with van der Waals surface area (Å²) in [7, 11) is 1.65. The molecule has 0 saturated carbocycles. The van der Waals surface area contributed by atoms with Gasteiger partial charge in [-0.05, 0) is 56.1 Å². The molecule has 4 rings (SSSR count). The lowest BCUT2D eigenvalue weighted by molar-refractivity contribution is -0.0893. The summed E-state index contributed by atoms with van der Waals surface area (Å²) < 4.78 is 12.0. The summed E-state index contributed by atoms with van der Waals surface area (Å²) >= 11 is 0. The molecule has 2 aromatic heterocycles. The van der Waals surface area contributed by atoms with Gasteiger partial charge in [-0.15, -0.1) is 0 Å². The lowest BCUT2D eigenvalue weighted by atomic mass is 9.82. The molecule has 0 atom stereocenters. The van der Waals surface area contributed by atoms with Gasteiger partial charge < -0.3 is 14.2 Å². The van der Waals surface area contributed by atoms with Crippen LogP contribution in [0.15, 0.2) is 53.1 Å². The Morgan fingerprint density at radius 3 is 2.58 bits per heavy atom. The van der Waals surface area contributed by atoms with Gasteiger partial charge in [0.25, 0.3) is 0 Å². The number of rotatable bonds is 4. The molecule has 0 aliphatic heterocycles. The summed E-state index contributed by atoms with van der Waals surface area (Å²) in [4.78, 5) is 4.55. The molecule has 0 aliphatic rings. The maximum atomic E-state index is 10.3. The minimum atomic E-state index is -0.986. The van der Waals surface area contributed by atoms with Gasteiger partial charge in [0.05, 0.1) is 16.6 Å². The predicted octanol–water partition coefficient (Wildman–Crippen LogP) is 3.94. The molecule has 0 amide bonds. The fourth-order valence-electron chi connectivity index (χ4n) is 2.89. The average Bonchev–Trinajstić information content (AvgIpc) is 2.98. The Hall–Kier alpha value is -2.37. The van der Waals surface area contributed by atoms with Gasteiger partial charge in [-0.1, -0.05) is 30.3 Å². The summed E-state index contributed by atoms with van der Waals surface area (Å²) in [6.07, 6.45) is 1.76. The van der Waals surface area contributed by atoms with E-state index in [9.17, 15) is 5.11 Å². The van der Waals surface area contributed by atoms with E-state index in [0.717, 1.165) is 32.7 Å². The number of hydrogen-bond donors (Lipinski definition) is 1. The molecule has 2 aromatic carbocycles. The quantitative estimate of drug-likeness (QED) is 0.569. The molecule has 0 fully saturated rings. The van der Waals surface area contributed by atoms with Gasteiger partial charge >= 0.3 is 7.48 Å². The normalized spacial score (nSPS) is 13.0. The predicted molar refractivity (Wildman–Crippen MR) is 106 cm³/mol. The van der Waals surface area contributed by atoms with E-state index in [4.69, 9.17) is 9.07 Å². The fraction of sp³-hybridized carbons (Fsp3) is 0.286. The van der Waals surface area contributed by atoms with Crippen molar-refractivity contribution in [2.75, 3.05) is 0 Å². The highest BCUT2D eigenvalue weighted by Gasteiger charge is 2.36.